The van der Waals surface area contributed by atoms with Crippen molar-refractivity contribution in [1.29, 1.82) is 0 Å². The fraction of sp³-hybridized carbons (Fsp3) is 0.312. The van der Waals surface area contributed by atoms with Gasteiger partial charge in [-0.25, -0.2) is 4.98 Å². The SMILES string of the molecule is CC(C)NCc1cnc(OCc2cccc(Cl)c2)c(Cl)c1. The van der Waals surface area contributed by atoms with Crippen LogP contribution in [0.3, 0.4) is 0 Å². The van der Waals surface area contributed by atoms with Gasteiger partial charge in [0.25, 0.3) is 0 Å². The highest BCUT2D eigenvalue weighted by molar-refractivity contribution is 6.31. The Morgan fingerprint density at radius 2 is 2.00 bits per heavy atom. The third kappa shape index (κ3) is 5.20. The number of benzene rings is 1. The molecule has 0 spiro atoms. The van der Waals surface area contributed by atoms with E-state index >= 15 is 0 Å². The van der Waals surface area contributed by atoms with Crippen LogP contribution in [0.25, 0.3) is 0 Å². The van der Waals surface area contributed by atoms with Crippen LogP contribution in [0.2, 0.25) is 10.0 Å². The van der Waals surface area contributed by atoms with Crippen LogP contribution in [0, 0.1) is 0 Å². The predicted molar refractivity (Wildman–Crippen MR) is 87.0 cm³/mol. The molecular weight excluding hydrogens is 307 g/mol. The number of aromatic nitrogens is 1. The molecule has 0 aliphatic carbocycles. The lowest BCUT2D eigenvalue weighted by Crippen LogP contribution is -2.21. The second-order valence-corrected chi connectivity index (χ2v) is 5.93. The maximum atomic E-state index is 6.20. The Kier molecular flexibility index (Phi) is 5.85. The molecule has 3 nitrogen and oxygen atoms in total. The van der Waals surface area contributed by atoms with Crippen molar-refractivity contribution >= 4 is 23.2 Å². The van der Waals surface area contributed by atoms with E-state index in [0.29, 0.717) is 28.6 Å². The Bertz CT molecular complexity index is 603. The fourth-order valence-electron chi connectivity index (χ4n) is 1.77. The summed E-state index contributed by atoms with van der Waals surface area (Å²) in [5.41, 5.74) is 2.01. The summed E-state index contributed by atoms with van der Waals surface area (Å²) in [6.07, 6.45) is 1.77. The molecule has 0 unspecified atom stereocenters. The summed E-state index contributed by atoms with van der Waals surface area (Å²) < 4.78 is 5.64. The van der Waals surface area contributed by atoms with Crippen LogP contribution in [0.1, 0.15) is 25.0 Å². The van der Waals surface area contributed by atoms with Gasteiger partial charge >= 0.3 is 0 Å². The second-order valence-electron chi connectivity index (χ2n) is 5.08. The molecule has 1 aromatic heterocycles. The van der Waals surface area contributed by atoms with Crippen LogP contribution < -0.4 is 10.1 Å². The molecule has 2 rings (SSSR count). The number of hydrogen-bond acceptors (Lipinski definition) is 3. The first-order valence-corrected chi connectivity index (χ1v) is 7.55. The van der Waals surface area contributed by atoms with Crippen molar-refractivity contribution in [1.82, 2.24) is 10.3 Å². The summed E-state index contributed by atoms with van der Waals surface area (Å²) in [5, 5.41) is 4.52. The largest absolute Gasteiger partial charge is 0.472 e. The van der Waals surface area contributed by atoms with Gasteiger partial charge in [-0.2, -0.15) is 0 Å². The van der Waals surface area contributed by atoms with Gasteiger partial charge in [-0.15, -0.1) is 0 Å². The summed E-state index contributed by atoms with van der Waals surface area (Å²) >= 11 is 12.1. The molecule has 5 heteroatoms. The zero-order chi connectivity index (χ0) is 15.2. The van der Waals surface area contributed by atoms with Crippen molar-refractivity contribution in [2.45, 2.75) is 33.0 Å². The van der Waals surface area contributed by atoms with E-state index in [0.717, 1.165) is 17.7 Å². The molecule has 0 atom stereocenters. The minimum atomic E-state index is 0.386. The van der Waals surface area contributed by atoms with Crippen molar-refractivity contribution in [3.8, 4) is 5.88 Å². The molecule has 0 fully saturated rings. The number of nitrogens with zero attached hydrogens (tertiary/aromatic N) is 1. The van der Waals surface area contributed by atoms with E-state index in [2.05, 4.69) is 24.1 Å². The molecule has 0 aliphatic heterocycles. The summed E-state index contributed by atoms with van der Waals surface area (Å²) in [4.78, 5) is 4.27. The van der Waals surface area contributed by atoms with Gasteiger partial charge in [0, 0.05) is 23.8 Å². The van der Waals surface area contributed by atoms with Gasteiger partial charge < -0.3 is 10.1 Å². The molecule has 0 amide bonds. The van der Waals surface area contributed by atoms with Crippen molar-refractivity contribution in [2.75, 3.05) is 0 Å². The lowest BCUT2D eigenvalue weighted by atomic mass is 10.2. The molecular formula is C16H18Cl2N2O. The van der Waals surface area contributed by atoms with Crippen molar-refractivity contribution < 1.29 is 4.74 Å². The van der Waals surface area contributed by atoms with Crippen molar-refractivity contribution in [3.05, 3.63) is 57.7 Å². The zero-order valence-corrected chi connectivity index (χ0v) is 13.6. The number of rotatable bonds is 6. The van der Waals surface area contributed by atoms with Gasteiger partial charge in [0.05, 0.1) is 0 Å². The highest BCUT2D eigenvalue weighted by atomic mass is 35.5. The van der Waals surface area contributed by atoms with Gasteiger partial charge in [-0.05, 0) is 29.3 Å². The third-order valence-electron chi connectivity index (χ3n) is 2.84. The molecule has 21 heavy (non-hydrogen) atoms. The van der Waals surface area contributed by atoms with E-state index in [1.807, 2.05) is 30.3 Å². The van der Waals surface area contributed by atoms with Crippen LogP contribution >= 0.6 is 23.2 Å². The van der Waals surface area contributed by atoms with Crippen LogP contribution in [-0.4, -0.2) is 11.0 Å². The molecule has 1 N–H and O–H groups in total. The minimum absolute atomic E-state index is 0.386. The molecule has 1 aromatic carbocycles. The number of halogens is 2. The van der Waals surface area contributed by atoms with E-state index in [1.165, 1.54) is 0 Å². The van der Waals surface area contributed by atoms with Crippen LogP contribution in [0.4, 0.5) is 0 Å². The van der Waals surface area contributed by atoms with Crippen LogP contribution in [0.15, 0.2) is 36.5 Å². The molecule has 1 heterocycles. The van der Waals surface area contributed by atoms with Gasteiger partial charge in [0.1, 0.15) is 11.6 Å². The van der Waals surface area contributed by atoms with Crippen molar-refractivity contribution in [3.63, 3.8) is 0 Å². The Morgan fingerprint density at radius 1 is 1.19 bits per heavy atom. The molecule has 0 saturated carbocycles. The molecule has 2 aromatic rings. The standard InChI is InChI=1S/C16H18Cl2N2O/c1-11(2)19-8-13-7-15(18)16(20-9-13)21-10-12-4-3-5-14(17)6-12/h3-7,9,11,19H,8,10H2,1-2H3. The molecule has 0 saturated heterocycles. The first-order valence-electron chi connectivity index (χ1n) is 6.79. The van der Waals surface area contributed by atoms with Crippen LogP contribution in [0.5, 0.6) is 5.88 Å². The van der Waals surface area contributed by atoms with E-state index in [-0.39, 0.29) is 0 Å². The lowest BCUT2D eigenvalue weighted by molar-refractivity contribution is 0.294. The Labute approximate surface area is 135 Å². The Morgan fingerprint density at radius 3 is 2.67 bits per heavy atom. The summed E-state index contributed by atoms with van der Waals surface area (Å²) in [6, 6.07) is 9.81. The third-order valence-corrected chi connectivity index (χ3v) is 3.35. The summed E-state index contributed by atoms with van der Waals surface area (Å²) in [6.45, 7) is 5.31. The van der Waals surface area contributed by atoms with Gasteiger partial charge in [0.2, 0.25) is 5.88 Å². The molecule has 0 aliphatic rings. The summed E-state index contributed by atoms with van der Waals surface area (Å²) in [7, 11) is 0. The molecule has 0 radical (unpaired) electrons. The number of nitrogens with one attached hydrogen (secondary N) is 1. The first kappa shape index (κ1) is 16.1. The smallest absolute Gasteiger partial charge is 0.232 e. The average Bonchev–Trinajstić information content (AvgIpc) is 2.44. The average molecular weight is 325 g/mol. The topological polar surface area (TPSA) is 34.2 Å². The van der Waals surface area contributed by atoms with E-state index in [4.69, 9.17) is 27.9 Å². The Hall–Kier alpha value is -1.29. The number of hydrogen-bond donors (Lipinski definition) is 1. The highest BCUT2D eigenvalue weighted by Crippen LogP contribution is 2.23. The normalized spacial score (nSPS) is 10.9. The molecule has 0 bridgehead atoms. The van der Waals surface area contributed by atoms with Crippen LogP contribution in [-0.2, 0) is 13.2 Å². The minimum Gasteiger partial charge on any atom is -0.472 e. The summed E-state index contributed by atoms with van der Waals surface area (Å²) in [5.74, 6) is 0.435. The fourth-order valence-corrected chi connectivity index (χ4v) is 2.22. The second kappa shape index (κ2) is 7.64. The molecule has 112 valence electrons. The lowest BCUT2D eigenvalue weighted by Gasteiger charge is -2.10. The maximum absolute atomic E-state index is 6.20. The van der Waals surface area contributed by atoms with Gasteiger partial charge in [-0.3, -0.25) is 0 Å². The van der Waals surface area contributed by atoms with Gasteiger partial charge in [-0.1, -0.05) is 49.2 Å². The number of pyridine rings is 1. The monoisotopic (exact) mass is 324 g/mol. The maximum Gasteiger partial charge on any atom is 0.232 e. The van der Waals surface area contributed by atoms with Crippen molar-refractivity contribution in [2.24, 2.45) is 0 Å². The van der Waals surface area contributed by atoms with E-state index in [9.17, 15) is 0 Å². The first-order chi connectivity index (χ1) is 10.0. The highest BCUT2D eigenvalue weighted by Gasteiger charge is 2.06. The van der Waals surface area contributed by atoms with E-state index in [1.54, 1.807) is 6.20 Å². The van der Waals surface area contributed by atoms with E-state index < -0.39 is 0 Å². The predicted octanol–water partition coefficient (Wildman–Crippen LogP) is 4.47. The quantitative estimate of drug-likeness (QED) is 0.851. The van der Waals surface area contributed by atoms with Gasteiger partial charge in [0.15, 0.2) is 0 Å². The number of ether oxygens (including phenoxy) is 1. The Balaban J connectivity index is 1.97. The zero-order valence-electron chi connectivity index (χ0n) is 12.1.